The molecule has 0 aromatic heterocycles. The summed E-state index contributed by atoms with van der Waals surface area (Å²) in [5.41, 5.74) is 1.97. The van der Waals surface area contributed by atoms with Gasteiger partial charge in [0.1, 0.15) is 0 Å². The van der Waals surface area contributed by atoms with Crippen LogP contribution < -0.4 is 10.2 Å². The monoisotopic (exact) mass is 361 g/mol. The highest BCUT2D eigenvalue weighted by Crippen LogP contribution is 2.50. The lowest BCUT2D eigenvalue weighted by molar-refractivity contribution is -0.117. The molecule has 1 aromatic carbocycles. The van der Waals surface area contributed by atoms with Crippen molar-refractivity contribution >= 4 is 28.9 Å². The minimum Gasteiger partial charge on any atom is -0.367 e. The number of carbonyl (C=O) groups excluding carboxylic acids is 1. The minimum absolute atomic E-state index is 0.154. The lowest BCUT2D eigenvalue weighted by atomic mass is 9.94. The van der Waals surface area contributed by atoms with Gasteiger partial charge >= 0.3 is 0 Å². The normalized spacial score (nSPS) is 21.6. The van der Waals surface area contributed by atoms with Crippen LogP contribution in [0.25, 0.3) is 0 Å². The van der Waals surface area contributed by atoms with Crippen LogP contribution in [0.3, 0.4) is 0 Å². The molecule has 1 amide bonds. The summed E-state index contributed by atoms with van der Waals surface area (Å²) in [5, 5.41) is 3.85. The number of rotatable bonds is 6. The van der Waals surface area contributed by atoms with Gasteiger partial charge in [-0.2, -0.15) is 0 Å². The Balaban J connectivity index is 1.45. The summed E-state index contributed by atoms with van der Waals surface area (Å²) in [7, 11) is 2.15. The van der Waals surface area contributed by atoms with Gasteiger partial charge in [-0.1, -0.05) is 11.6 Å². The van der Waals surface area contributed by atoms with Crippen molar-refractivity contribution in [3.63, 3.8) is 0 Å². The molecule has 0 unspecified atom stereocenters. The average Bonchev–Trinajstić information content (AvgIpc) is 3.47. The van der Waals surface area contributed by atoms with E-state index in [1.807, 2.05) is 18.2 Å². The van der Waals surface area contributed by atoms with E-state index >= 15 is 0 Å². The van der Waals surface area contributed by atoms with Crippen molar-refractivity contribution in [1.29, 1.82) is 0 Å². The van der Waals surface area contributed by atoms with Crippen molar-refractivity contribution in [2.24, 2.45) is 17.8 Å². The molecule has 1 saturated heterocycles. The lowest BCUT2D eigenvalue weighted by Crippen LogP contribution is -2.44. The molecule has 1 N–H and O–H groups in total. The average molecular weight is 362 g/mol. The summed E-state index contributed by atoms with van der Waals surface area (Å²) in [6.07, 6.45) is 5.94. The summed E-state index contributed by atoms with van der Waals surface area (Å²) >= 11 is 6.21. The van der Waals surface area contributed by atoms with E-state index in [0.717, 1.165) is 49.4 Å². The van der Waals surface area contributed by atoms with Gasteiger partial charge in [0, 0.05) is 37.6 Å². The number of nitrogens with one attached hydrogen (secondary N) is 1. The molecule has 0 radical (unpaired) electrons. The number of nitrogens with zero attached hydrogens (tertiary/aromatic N) is 2. The predicted octanol–water partition coefficient (Wildman–Crippen LogP) is 3.86. The summed E-state index contributed by atoms with van der Waals surface area (Å²) < 4.78 is 0. The van der Waals surface area contributed by atoms with Gasteiger partial charge < -0.3 is 15.1 Å². The van der Waals surface area contributed by atoms with Gasteiger partial charge in [-0.15, -0.1) is 0 Å². The minimum atomic E-state index is 0.154. The zero-order valence-electron chi connectivity index (χ0n) is 15.0. The van der Waals surface area contributed by atoms with Crippen LogP contribution in [0.1, 0.15) is 32.1 Å². The third kappa shape index (κ3) is 4.29. The molecule has 4 rings (SSSR count). The number of amides is 1. The van der Waals surface area contributed by atoms with Crippen LogP contribution in [-0.4, -0.2) is 44.0 Å². The van der Waals surface area contributed by atoms with Gasteiger partial charge in [-0.25, -0.2) is 0 Å². The highest BCUT2D eigenvalue weighted by molar-refractivity contribution is 6.31. The van der Waals surface area contributed by atoms with E-state index in [-0.39, 0.29) is 5.91 Å². The second kappa shape index (κ2) is 7.16. The van der Waals surface area contributed by atoms with Gasteiger partial charge in [-0.3, -0.25) is 4.79 Å². The van der Waals surface area contributed by atoms with E-state index < -0.39 is 0 Å². The molecule has 2 aliphatic carbocycles. The van der Waals surface area contributed by atoms with Crippen LogP contribution in [0.2, 0.25) is 5.02 Å². The first-order chi connectivity index (χ1) is 12.1. The molecule has 0 atom stereocenters. The number of benzene rings is 1. The van der Waals surface area contributed by atoms with Gasteiger partial charge in [0.2, 0.25) is 5.91 Å². The first-order valence-electron chi connectivity index (χ1n) is 9.63. The van der Waals surface area contributed by atoms with Crippen molar-refractivity contribution in [2.45, 2.75) is 32.1 Å². The molecule has 3 aliphatic rings. The molecule has 1 heterocycles. The molecular formula is C20H28ClN3O. The summed E-state index contributed by atoms with van der Waals surface area (Å²) in [6.45, 7) is 4.05. The molecule has 4 nitrogen and oxygen atoms in total. The first-order valence-corrected chi connectivity index (χ1v) is 10.0. The molecule has 1 aromatic rings. The predicted molar refractivity (Wildman–Crippen MR) is 103 cm³/mol. The number of likely N-dealkylation sites (N-methyl/N-ethyl adjacent to an activating group) is 1. The van der Waals surface area contributed by atoms with Gasteiger partial charge in [0.25, 0.3) is 0 Å². The molecule has 25 heavy (non-hydrogen) atoms. The number of hydrogen-bond acceptors (Lipinski definition) is 3. The quantitative estimate of drug-likeness (QED) is 0.835. The van der Waals surface area contributed by atoms with E-state index in [1.54, 1.807) is 0 Å². The van der Waals surface area contributed by atoms with Crippen LogP contribution in [0, 0.1) is 17.8 Å². The number of piperazine rings is 1. The molecular weight excluding hydrogens is 334 g/mol. The zero-order chi connectivity index (χ0) is 17.4. The van der Waals surface area contributed by atoms with Gasteiger partial charge in [0.15, 0.2) is 0 Å². The van der Waals surface area contributed by atoms with Crippen LogP contribution in [-0.2, 0) is 4.79 Å². The maximum Gasteiger partial charge on any atom is 0.224 e. The molecule has 2 saturated carbocycles. The van der Waals surface area contributed by atoms with Crippen molar-refractivity contribution in [3.8, 4) is 0 Å². The van der Waals surface area contributed by atoms with Crippen molar-refractivity contribution < 1.29 is 4.79 Å². The van der Waals surface area contributed by atoms with E-state index in [4.69, 9.17) is 11.6 Å². The van der Waals surface area contributed by atoms with E-state index in [0.29, 0.717) is 17.4 Å². The van der Waals surface area contributed by atoms with Gasteiger partial charge in [0.05, 0.1) is 11.4 Å². The van der Waals surface area contributed by atoms with Crippen LogP contribution in [0.15, 0.2) is 18.2 Å². The Morgan fingerprint density at radius 3 is 2.40 bits per heavy atom. The largest absolute Gasteiger partial charge is 0.367 e. The SMILES string of the molecule is CN1CCN(c2ccc(Cl)cc2NC(=O)CC(C2CC2)C2CC2)CC1. The van der Waals surface area contributed by atoms with E-state index in [1.165, 1.54) is 25.7 Å². The van der Waals surface area contributed by atoms with Crippen LogP contribution in [0.4, 0.5) is 11.4 Å². The second-order valence-electron chi connectivity index (χ2n) is 8.04. The Morgan fingerprint density at radius 2 is 1.80 bits per heavy atom. The summed E-state index contributed by atoms with van der Waals surface area (Å²) in [5.74, 6) is 2.36. The van der Waals surface area contributed by atoms with E-state index in [9.17, 15) is 4.79 Å². The Labute approximate surface area is 155 Å². The fraction of sp³-hybridized carbons (Fsp3) is 0.650. The fourth-order valence-corrected chi connectivity index (χ4v) is 4.29. The molecule has 5 heteroatoms. The first kappa shape index (κ1) is 17.2. The topological polar surface area (TPSA) is 35.6 Å². The number of carbonyl (C=O) groups is 1. The fourth-order valence-electron chi connectivity index (χ4n) is 4.11. The number of halogens is 1. The van der Waals surface area contributed by atoms with Crippen molar-refractivity contribution in [1.82, 2.24) is 4.90 Å². The Morgan fingerprint density at radius 1 is 1.16 bits per heavy atom. The van der Waals surface area contributed by atoms with Crippen LogP contribution in [0.5, 0.6) is 0 Å². The molecule has 136 valence electrons. The third-order valence-corrected chi connectivity index (χ3v) is 6.19. The molecule has 0 bridgehead atoms. The maximum atomic E-state index is 12.7. The Bertz CT molecular complexity index is 622. The zero-order valence-corrected chi connectivity index (χ0v) is 15.8. The number of anilines is 2. The summed E-state index contributed by atoms with van der Waals surface area (Å²) in [4.78, 5) is 17.4. The smallest absolute Gasteiger partial charge is 0.224 e. The van der Waals surface area contributed by atoms with Crippen LogP contribution >= 0.6 is 11.6 Å². The molecule has 1 aliphatic heterocycles. The highest BCUT2D eigenvalue weighted by Gasteiger charge is 2.42. The van der Waals surface area contributed by atoms with Crippen molar-refractivity contribution in [3.05, 3.63) is 23.2 Å². The van der Waals surface area contributed by atoms with Crippen molar-refractivity contribution in [2.75, 3.05) is 43.4 Å². The maximum absolute atomic E-state index is 12.7. The van der Waals surface area contributed by atoms with E-state index in [2.05, 4.69) is 22.2 Å². The number of hydrogen-bond donors (Lipinski definition) is 1. The third-order valence-electron chi connectivity index (χ3n) is 5.95. The van der Waals surface area contributed by atoms with Gasteiger partial charge in [-0.05, 0) is 68.7 Å². The highest BCUT2D eigenvalue weighted by atomic mass is 35.5. The molecule has 3 fully saturated rings. The lowest BCUT2D eigenvalue weighted by Gasteiger charge is -2.35. The second-order valence-corrected chi connectivity index (χ2v) is 8.48. The Kier molecular flexibility index (Phi) is 4.92. The molecule has 0 spiro atoms. The standard InChI is InChI=1S/C20H28ClN3O/c1-23-8-10-24(11-9-23)19-7-6-16(21)12-18(19)22-20(25)13-17(14-2-3-14)15-4-5-15/h6-7,12,14-15,17H,2-5,8-11,13H2,1H3,(H,22,25). The summed E-state index contributed by atoms with van der Waals surface area (Å²) in [6, 6.07) is 5.86. The Hall–Kier alpha value is -1.26.